The van der Waals surface area contributed by atoms with Crippen molar-refractivity contribution < 1.29 is 0 Å². The van der Waals surface area contributed by atoms with Crippen LogP contribution < -0.4 is 5.73 Å². The van der Waals surface area contributed by atoms with Crippen LogP contribution in [0.1, 0.15) is 49.1 Å². The monoisotopic (exact) mass is 270 g/mol. The Balaban J connectivity index is 1.55. The zero-order chi connectivity index (χ0) is 13.6. The van der Waals surface area contributed by atoms with E-state index < -0.39 is 0 Å². The maximum atomic E-state index is 6.02. The lowest BCUT2D eigenvalue weighted by Crippen LogP contribution is -2.46. The van der Waals surface area contributed by atoms with E-state index in [2.05, 4.69) is 29.2 Å². The van der Waals surface area contributed by atoms with E-state index in [4.69, 9.17) is 5.73 Å². The third-order valence-corrected chi connectivity index (χ3v) is 6.31. The fourth-order valence-corrected chi connectivity index (χ4v) is 4.64. The number of piperidine rings is 3. The maximum absolute atomic E-state index is 6.02. The Kier molecular flexibility index (Phi) is 3.12. The van der Waals surface area contributed by atoms with Gasteiger partial charge in [-0.15, -0.1) is 0 Å². The van der Waals surface area contributed by atoms with Gasteiger partial charge in [-0.1, -0.05) is 30.7 Å². The Morgan fingerprint density at radius 1 is 1.10 bits per heavy atom. The van der Waals surface area contributed by atoms with Gasteiger partial charge in [0.2, 0.25) is 0 Å². The zero-order valence-corrected chi connectivity index (χ0v) is 12.4. The Labute approximate surface area is 122 Å². The van der Waals surface area contributed by atoms with E-state index in [0.29, 0.717) is 5.41 Å². The first-order valence-corrected chi connectivity index (χ1v) is 8.34. The molecule has 5 rings (SSSR count). The molecule has 0 radical (unpaired) electrons. The molecule has 1 aromatic rings. The van der Waals surface area contributed by atoms with Gasteiger partial charge < -0.3 is 10.6 Å². The van der Waals surface area contributed by atoms with Gasteiger partial charge in [-0.3, -0.25) is 0 Å². The molecule has 2 N–H and O–H groups in total. The summed E-state index contributed by atoms with van der Waals surface area (Å²) in [6.07, 6.45) is 6.71. The molecule has 3 saturated heterocycles. The minimum Gasteiger partial charge on any atom is -0.330 e. The maximum Gasteiger partial charge on any atom is 0.00755 e. The first kappa shape index (κ1) is 12.8. The molecule has 4 aliphatic rings. The average molecular weight is 270 g/mol. The molecule has 4 fully saturated rings. The first-order chi connectivity index (χ1) is 9.81. The number of rotatable bonds is 3. The number of benzene rings is 1. The fourth-order valence-electron chi connectivity index (χ4n) is 4.64. The molecule has 2 bridgehead atoms. The fraction of sp³-hybridized carbons (Fsp3) is 0.667. The van der Waals surface area contributed by atoms with E-state index in [1.54, 1.807) is 5.56 Å². The number of nitrogens with zero attached hydrogens (tertiary/aromatic N) is 1. The molecule has 3 heterocycles. The van der Waals surface area contributed by atoms with Crippen molar-refractivity contribution in [1.82, 2.24) is 4.90 Å². The number of fused-ring (bicyclic) bond motifs is 3. The summed E-state index contributed by atoms with van der Waals surface area (Å²) >= 11 is 0. The van der Waals surface area contributed by atoms with Gasteiger partial charge in [0.15, 0.2) is 0 Å². The van der Waals surface area contributed by atoms with Gasteiger partial charge in [-0.2, -0.15) is 0 Å². The van der Waals surface area contributed by atoms with Gasteiger partial charge in [0, 0.05) is 18.5 Å². The molecule has 108 valence electrons. The molecule has 1 saturated carbocycles. The van der Waals surface area contributed by atoms with Crippen molar-refractivity contribution in [3.8, 4) is 0 Å². The average Bonchev–Trinajstić information content (AvgIpc) is 2.49. The number of hydrogen-bond acceptors (Lipinski definition) is 2. The summed E-state index contributed by atoms with van der Waals surface area (Å²) in [4.78, 5) is 2.64. The first-order valence-electron chi connectivity index (χ1n) is 8.34. The van der Waals surface area contributed by atoms with Crippen LogP contribution in [-0.4, -0.2) is 31.1 Å². The van der Waals surface area contributed by atoms with Crippen LogP contribution in [0.3, 0.4) is 0 Å². The highest BCUT2D eigenvalue weighted by molar-refractivity contribution is 5.34. The lowest BCUT2D eigenvalue weighted by Gasteiger charge is -2.45. The van der Waals surface area contributed by atoms with Crippen molar-refractivity contribution in [2.45, 2.75) is 43.4 Å². The molecule has 1 aromatic carbocycles. The summed E-state index contributed by atoms with van der Waals surface area (Å²) < 4.78 is 0. The van der Waals surface area contributed by atoms with Crippen molar-refractivity contribution in [3.63, 3.8) is 0 Å². The Hall–Kier alpha value is -0.860. The minimum atomic E-state index is 0.313. The van der Waals surface area contributed by atoms with Crippen molar-refractivity contribution in [3.05, 3.63) is 35.4 Å². The molecular formula is C18H26N2. The van der Waals surface area contributed by atoms with Crippen LogP contribution in [0.25, 0.3) is 0 Å². The predicted molar refractivity (Wildman–Crippen MR) is 82.9 cm³/mol. The molecule has 1 atom stereocenters. The minimum absolute atomic E-state index is 0.313. The second-order valence-electron chi connectivity index (χ2n) is 7.20. The highest BCUT2D eigenvalue weighted by atomic mass is 15.1. The van der Waals surface area contributed by atoms with Crippen molar-refractivity contribution in [2.24, 2.45) is 11.7 Å². The van der Waals surface area contributed by atoms with Crippen molar-refractivity contribution in [2.75, 3.05) is 26.2 Å². The van der Waals surface area contributed by atoms with Crippen LogP contribution in [0.4, 0.5) is 0 Å². The van der Waals surface area contributed by atoms with E-state index in [1.807, 2.05) is 0 Å². The Morgan fingerprint density at radius 3 is 2.25 bits per heavy atom. The van der Waals surface area contributed by atoms with Crippen molar-refractivity contribution in [1.29, 1.82) is 0 Å². The lowest BCUT2D eigenvalue weighted by molar-refractivity contribution is 0.0871. The standard InChI is InChI=1S/C18H26N2/c19-13-18(8-1-9-18)16-4-2-14(3-5-16)17-12-20-10-6-15(17)7-11-20/h2-5,15,17H,1,6-13,19H2. The van der Waals surface area contributed by atoms with Crippen LogP contribution in [0, 0.1) is 5.92 Å². The second kappa shape index (κ2) is 4.85. The van der Waals surface area contributed by atoms with E-state index >= 15 is 0 Å². The van der Waals surface area contributed by atoms with E-state index in [0.717, 1.165) is 18.4 Å². The van der Waals surface area contributed by atoms with Gasteiger partial charge in [-0.25, -0.2) is 0 Å². The van der Waals surface area contributed by atoms with Gasteiger partial charge in [0.1, 0.15) is 0 Å². The molecule has 0 spiro atoms. The van der Waals surface area contributed by atoms with Crippen LogP contribution in [-0.2, 0) is 5.41 Å². The van der Waals surface area contributed by atoms with Crippen LogP contribution in [0.15, 0.2) is 24.3 Å². The molecule has 3 aliphatic heterocycles. The van der Waals surface area contributed by atoms with Crippen molar-refractivity contribution >= 4 is 0 Å². The molecule has 20 heavy (non-hydrogen) atoms. The van der Waals surface area contributed by atoms with Crippen LogP contribution in [0.5, 0.6) is 0 Å². The number of nitrogens with two attached hydrogens (primary N) is 1. The van der Waals surface area contributed by atoms with E-state index in [1.165, 1.54) is 57.3 Å². The summed E-state index contributed by atoms with van der Waals surface area (Å²) in [5.74, 6) is 1.71. The van der Waals surface area contributed by atoms with Crippen LogP contribution in [0.2, 0.25) is 0 Å². The quantitative estimate of drug-likeness (QED) is 0.915. The van der Waals surface area contributed by atoms with Gasteiger partial charge in [-0.05, 0) is 61.7 Å². The molecular weight excluding hydrogens is 244 g/mol. The molecule has 2 heteroatoms. The topological polar surface area (TPSA) is 29.3 Å². The highest BCUT2D eigenvalue weighted by Gasteiger charge is 2.38. The predicted octanol–water partition coefficient (Wildman–Crippen LogP) is 2.88. The smallest absolute Gasteiger partial charge is 0.00755 e. The number of hydrogen-bond donors (Lipinski definition) is 1. The Bertz CT molecular complexity index is 461. The van der Waals surface area contributed by atoms with Gasteiger partial charge >= 0.3 is 0 Å². The normalized spacial score (nSPS) is 34.8. The summed E-state index contributed by atoms with van der Waals surface area (Å²) in [6.45, 7) is 4.75. The third kappa shape index (κ3) is 1.93. The lowest BCUT2D eigenvalue weighted by atomic mass is 9.64. The second-order valence-corrected chi connectivity index (χ2v) is 7.20. The molecule has 2 nitrogen and oxygen atoms in total. The zero-order valence-electron chi connectivity index (χ0n) is 12.4. The summed E-state index contributed by atoms with van der Waals surface area (Å²) in [6, 6.07) is 9.55. The summed E-state index contributed by atoms with van der Waals surface area (Å²) in [5.41, 5.74) is 9.38. The molecule has 0 amide bonds. The SMILES string of the molecule is NCC1(c2ccc(C3CN4CCC3CC4)cc2)CCC1. The molecule has 1 aliphatic carbocycles. The summed E-state index contributed by atoms with van der Waals surface area (Å²) in [5, 5.41) is 0. The van der Waals surface area contributed by atoms with E-state index in [-0.39, 0.29) is 0 Å². The van der Waals surface area contributed by atoms with E-state index in [9.17, 15) is 0 Å². The molecule has 0 aromatic heterocycles. The largest absolute Gasteiger partial charge is 0.330 e. The van der Waals surface area contributed by atoms with Gasteiger partial charge in [0.05, 0.1) is 0 Å². The highest BCUT2D eigenvalue weighted by Crippen LogP contribution is 2.44. The Morgan fingerprint density at radius 2 is 1.80 bits per heavy atom. The molecule has 1 unspecified atom stereocenters. The third-order valence-electron chi connectivity index (χ3n) is 6.31. The summed E-state index contributed by atoms with van der Waals surface area (Å²) in [7, 11) is 0. The van der Waals surface area contributed by atoms with Crippen LogP contribution >= 0.6 is 0 Å². The van der Waals surface area contributed by atoms with Gasteiger partial charge in [0.25, 0.3) is 0 Å².